The number of rotatable bonds is 8. The van der Waals surface area contributed by atoms with Crippen molar-refractivity contribution in [3.63, 3.8) is 0 Å². The van der Waals surface area contributed by atoms with Gasteiger partial charge in [-0.3, -0.25) is 14.4 Å². The van der Waals surface area contributed by atoms with Gasteiger partial charge in [0.1, 0.15) is 5.75 Å². The van der Waals surface area contributed by atoms with Crippen LogP contribution in [0.3, 0.4) is 0 Å². The molecule has 31 heavy (non-hydrogen) atoms. The number of hydrogen-bond acceptors (Lipinski definition) is 5. The summed E-state index contributed by atoms with van der Waals surface area (Å²) >= 11 is 0. The molecule has 0 spiro atoms. The molecule has 0 unspecified atom stereocenters. The summed E-state index contributed by atoms with van der Waals surface area (Å²) in [4.78, 5) is 35.4. The summed E-state index contributed by atoms with van der Waals surface area (Å²) in [5, 5.41) is 9.05. The van der Waals surface area contributed by atoms with E-state index in [0.717, 1.165) is 5.56 Å². The molecule has 0 aliphatic rings. The molecule has 0 atom stereocenters. The van der Waals surface area contributed by atoms with Gasteiger partial charge in [0, 0.05) is 11.7 Å². The van der Waals surface area contributed by atoms with Gasteiger partial charge in [0.2, 0.25) is 0 Å². The SMILES string of the molecule is CC(C)NC(=O)COc1ccc(/C=N\NC(=O)C(=O)Nc2ccc(C(C)C)cc2)cc1. The molecule has 3 N–H and O–H groups in total. The van der Waals surface area contributed by atoms with Crippen LogP contribution in [0.4, 0.5) is 5.69 Å². The Balaban J connectivity index is 1.79. The van der Waals surface area contributed by atoms with Crippen LogP contribution in [0.15, 0.2) is 53.6 Å². The number of carbonyl (C=O) groups is 3. The van der Waals surface area contributed by atoms with Crippen LogP contribution < -0.4 is 20.8 Å². The lowest BCUT2D eigenvalue weighted by molar-refractivity contribution is -0.136. The zero-order valence-corrected chi connectivity index (χ0v) is 18.1. The summed E-state index contributed by atoms with van der Waals surface area (Å²) in [6.45, 7) is 7.83. The fraction of sp³-hybridized carbons (Fsp3) is 0.304. The highest BCUT2D eigenvalue weighted by Crippen LogP contribution is 2.17. The molecule has 0 bridgehead atoms. The van der Waals surface area contributed by atoms with Crippen molar-refractivity contribution in [1.29, 1.82) is 0 Å². The molecular weight excluding hydrogens is 396 g/mol. The third-order valence-electron chi connectivity index (χ3n) is 4.12. The summed E-state index contributed by atoms with van der Waals surface area (Å²) in [5.41, 5.74) is 4.55. The maximum atomic E-state index is 12.0. The minimum absolute atomic E-state index is 0.0532. The zero-order chi connectivity index (χ0) is 22.8. The van der Waals surface area contributed by atoms with Gasteiger partial charge >= 0.3 is 11.8 Å². The highest BCUT2D eigenvalue weighted by molar-refractivity contribution is 6.39. The van der Waals surface area contributed by atoms with Crippen molar-refractivity contribution >= 4 is 29.6 Å². The van der Waals surface area contributed by atoms with Crippen LogP contribution in [0.25, 0.3) is 0 Å². The van der Waals surface area contributed by atoms with E-state index in [-0.39, 0.29) is 18.6 Å². The summed E-state index contributed by atoms with van der Waals surface area (Å²) in [6.07, 6.45) is 1.40. The van der Waals surface area contributed by atoms with Crippen molar-refractivity contribution < 1.29 is 19.1 Å². The monoisotopic (exact) mass is 424 g/mol. The van der Waals surface area contributed by atoms with Gasteiger partial charge in [-0.05, 0) is 67.3 Å². The third kappa shape index (κ3) is 8.30. The molecule has 0 radical (unpaired) electrons. The first-order chi connectivity index (χ1) is 14.7. The third-order valence-corrected chi connectivity index (χ3v) is 4.12. The first kappa shape index (κ1) is 23.6. The molecule has 0 aromatic heterocycles. The second-order valence-corrected chi connectivity index (χ2v) is 7.51. The van der Waals surface area contributed by atoms with E-state index in [0.29, 0.717) is 22.9 Å². The van der Waals surface area contributed by atoms with Gasteiger partial charge in [-0.2, -0.15) is 5.10 Å². The van der Waals surface area contributed by atoms with Crippen LogP contribution in [0.2, 0.25) is 0 Å². The van der Waals surface area contributed by atoms with E-state index in [1.165, 1.54) is 6.21 Å². The minimum atomic E-state index is -0.875. The fourth-order valence-electron chi connectivity index (χ4n) is 2.52. The average molecular weight is 425 g/mol. The van der Waals surface area contributed by atoms with Gasteiger partial charge in [-0.25, -0.2) is 5.43 Å². The Labute approximate surface area is 182 Å². The van der Waals surface area contributed by atoms with E-state index in [4.69, 9.17) is 4.74 Å². The van der Waals surface area contributed by atoms with E-state index in [1.807, 2.05) is 26.0 Å². The predicted octanol–water partition coefficient (Wildman–Crippen LogP) is 2.80. The van der Waals surface area contributed by atoms with Crippen LogP contribution in [0.1, 0.15) is 44.7 Å². The summed E-state index contributed by atoms with van der Waals surface area (Å²) < 4.78 is 5.40. The van der Waals surface area contributed by atoms with Crippen molar-refractivity contribution in [2.75, 3.05) is 11.9 Å². The average Bonchev–Trinajstić information content (AvgIpc) is 2.73. The van der Waals surface area contributed by atoms with Crippen molar-refractivity contribution in [3.8, 4) is 5.75 Å². The first-order valence-corrected chi connectivity index (χ1v) is 10.0. The molecule has 0 aliphatic heterocycles. The predicted molar refractivity (Wildman–Crippen MR) is 120 cm³/mol. The van der Waals surface area contributed by atoms with Crippen molar-refractivity contribution in [2.24, 2.45) is 5.10 Å². The Morgan fingerprint density at radius 2 is 1.58 bits per heavy atom. The molecule has 0 fully saturated rings. The number of hydrogen-bond donors (Lipinski definition) is 3. The number of benzene rings is 2. The summed E-state index contributed by atoms with van der Waals surface area (Å²) in [6, 6.07) is 14.1. The van der Waals surface area contributed by atoms with Crippen LogP contribution in [0, 0.1) is 0 Å². The number of nitrogens with zero attached hydrogens (tertiary/aromatic N) is 1. The topological polar surface area (TPSA) is 109 Å². The Kier molecular flexibility index (Phi) is 8.75. The second-order valence-electron chi connectivity index (χ2n) is 7.51. The van der Waals surface area contributed by atoms with Crippen LogP contribution in [0.5, 0.6) is 5.75 Å². The molecule has 164 valence electrons. The zero-order valence-electron chi connectivity index (χ0n) is 18.1. The normalized spacial score (nSPS) is 10.9. The van der Waals surface area contributed by atoms with Crippen molar-refractivity contribution in [1.82, 2.24) is 10.7 Å². The van der Waals surface area contributed by atoms with Gasteiger partial charge in [-0.1, -0.05) is 26.0 Å². The molecule has 0 heterocycles. The van der Waals surface area contributed by atoms with Crippen LogP contribution in [-0.4, -0.2) is 36.6 Å². The summed E-state index contributed by atoms with van der Waals surface area (Å²) in [7, 11) is 0. The maximum Gasteiger partial charge on any atom is 0.329 e. The number of carbonyl (C=O) groups excluding carboxylic acids is 3. The standard InChI is InChI=1S/C23H28N4O4/c1-15(2)18-7-9-19(10-8-18)26-22(29)23(30)27-24-13-17-5-11-20(12-6-17)31-14-21(28)25-16(3)4/h5-13,15-16H,14H2,1-4H3,(H,25,28)(H,26,29)(H,27,30)/b24-13-. The highest BCUT2D eigenvalue weighted by Gasteiger charge is 2.13. The molecule has 8 heteroatoms. The van der Waals surface area contributed by atoms with E-state index in [2.05, 4.69) is 35.0 Å². The van der Waals surface area contributed by atoms with Gasteiger partial charge in [-0.15, -0.1) is 0 Å². The van der Waals surface area contributed by atoms with Gasteiger partial charge in [0.05, 0.1) is 6.21 Å². The summed E-state index contributed by atoms with van der Waals surface area (Å²) in [5.74, 6) is -0.967. The van der Waals surface area contributed by atoms with Crippen molar-refractivity contribution in [3.05, 3.63) is 59.7 Å². The Morgan fingerprint density at radius 3 is 2.16 bits per heavy atom. The molecule has 2 aromatic rings. The molecule has 0 aliphatic carbocycles. The number of anilines is 1. The van der Waals surface area contributed by atoms with Gasteiger partial charge in [0.15, 0.2) is 6.61 Å². The lowest BCUT2D eigenvalue weighted by Crippen LogP contribution is -2.34. The first-order valence-electron chi connectivity index (χ1n) is 10.0. The molecule has 3 amide bonds. The quantitative estimate of drug-likeness (QED) is 0.344. The number of amides is 3. The maximum absolute atomic E-state index is 12.0. The lowest BCUT2D eigenvalue weighted by atomic mass is 10.0. The molecule has 2 rings (SSSR count). The molecule has 2 aromatic carbocycles. The lowest BCUT2D eigenvalue weighted by Gasteiger charge is -2.09. The number of nitrogens with one attached hydrogen (secondary N) is 3. The Hall–Kier alpha value is -3.68. The Bertz CT molecular complexity index is 920. The van der Waals surface area contributed by atoms with Crippen LogP contribution in [-0.2, 0) is 14.4 Å². The molecule has 8 nitrogen and oxygen atoms in total. The molecular formula is C23H28N4O4. The van der Waals surface area contributed by atoms with E-state index in [1.54, 1.807) is 36.4 Å². The van der Waals surface area contributed by atoms with Crippen LogP contribution >= 0.6 is 0 Å². The Morgan fingerprint density at radius 1 is 0.935 bits per heavy atom. The second kappa shape index (κ2) is 11.5. The van der Waals surface area contributed by atoms with Crippen molar-refractivity contribution in [2.45, 2.75) is 39.7 Å². The molecule has 0 saturated carbocycles. The fourth-order valence-corrected chi connectivity index (χ4v) is 2.52. The van der Waals surface area contributed by atoms with E-state index >= 15 is 0 Å². The van der Waals surface area contributed by atoms with Gasteiger partial charge < -0.3 is 15.4 Å². The number of ether oxygens (including phenoxy) is 1. The highest BCUT2D eigenvalue weighted by atomic mass is 16.5. The van der Waals surface area contributed by atoms with Gasteiger partial charge in [0.25, 0.3) is 5.91 Å². The molecule has 0 saturated heterocycles. The van der Waals surface area contributed by atoms with E-state index < -0.39 is 11.8 Å². The number of hydrazone groups is 1. The van der Waals surface area contributed by atoms with E-state index in [9.17, 15) is 14.4 Å². The minimum Gasteiger partial charge on any atom is -0.484 e. The smallest absolute Gasteiger partial charge is 0.329 e. The largest absolute Gasteiger partial charge is 0.484 e.